The average Bonchev–Trinajstić information content (AvgIpc) is 2.64. The molecule has 0 atom stereocenters. The first-order valence-corrected chi connectivity index (χ1v) is 4.98. The molecule has 1 aliphatic rings. The first kappa shape index (κ1) is 14.0. The second-order valence-electron chi connectivity index (χ2n) is 2.22. The summed E-state index contributed by atoms with van der Waals surface area (Å²) < 4.78 is 5.16. The van der Waals surface area contributed by atoms with Gasteiger partial charge in [-0.15, -0.1) is 0 Å². The van der Waals surface area contributed by atoms with Gasteiger partial charge in [-0.3, -0.25) is 4.99 Å². The van der Waals surface area contributed by atoms with Crippen molar-refractivity contribution in [3.8, 4) is 0 Å². The van der Waals surface area contributed by atoms with Crippen molar-refractivity contribution >= 4 is 5.90 Å². The van der Waals surface area contributed by atoms with Crippen LogP contribution in [0.1, 0.15) is 41.5 Å². The van der Waals surface area contributed by atoms with E-state index in [1.807, 2.05) is 27.7 Å². The quantitative estimate of drug-likeness (QED) is 0.597. The second-order valence-corrected chi connectivity index (χ2v) is 2.22. The van der Waals surface area contributed by atoms with Gasteiger partial charge in [0.15, 0.2) is 5.90 Å². The van der Waals surface area contributed by atoms with Gasteiger partial charge in [0.05, 0.1) is 6.54 Å². The maximum absolute atomic E-state index is 5.16. The highest BCUT2D eigenvalue weighted by molar-refractivity contribution is 5.79. The minimum atomic E-state index is 0.470. The highest BCUT2D eigenvalue weighted by Crippen LogP contribution is 2.03. The van der Waals surface area contributed by atoms with Crippen LogP contribution in [0.25, 0.3) is 0 Å². The Labute approximate surface area is 77.0 Å². The van der Waals surface area contributed by atoms with Crippen molar-refractivity contribution in [1.82, 2.24) is 0 Å². The third-order valence-corrected chi connectivity index (χ3v) is 1.10. The highest BCUT2D eigenvalue weighted by atomic mass is 16.5. The normalized spacial score (nSPS) is 13.4. The van der Waals surface area contributed by atoms with Crippen molar-refractivity contribution in [3.05, 3.63) is 0 Å². The van der Waals surface area contributed by atoms with Crippen molar-refractivity contribution in [1.29, 1.82) is 0 Å². The Morgan fingerprint density at radius 3 is 1.83 bits per heavy atom. The molecule has 2 nitrogen and oxygen atoms in total. The molecule has 0 unspecified atom stereocenters. The topological polar surface area (TPSA) is 21.6 Å². The van der Waals surface area contributed by atoms with Gasteiger partial charge in [-0.05, 0) is 0 Å². The Hall–Kier alpha value is -0.530. The van der Waals surface area contributed by atoms with Crippen LogP contribution in [0.4, 0.5) is 0 Å². The van der Waals surface area contributed by atoms with E-state index in [-0.39, 0.29) is 0 Å². The molecule has 1 heterocycles. The number of aliphatic imine (C=N–C) groups is 1. The summed E-state index contributed by atoms with van der Waals surface area (Å²) in [6.07, 6.45) is 0. The zero-order valence-corrected chi connectivity index (χ0v) is 9.35. The molecule has 0 aromatic rings. The van der Waals surface area contributed by atoms with Crippen LogP contribution in [-0.2, 0) is 4.74 Å². The molecule has 0 saturated carbocycles. The van der Waals surface area contributed by atoms with Crippen molar-refractivity contribution in [2.24, 2.45) is 10.9 Å². The first-order chi connectivity index (χ1) is 5.80. The zero-order valence-electron chi connectivity index (χ0n) is 9.35. The molecule has 0 N–H and O–H groups in total. The van der Waals surface area contributed by atoms with Crippen LogP contribution in [0.3, 0.4) is 0 Å². The van der Waals surface area contributed by atoms with Gasteiger partial charge in [-0.25, -0.2) is 0 Å². The smallest absolute Gasteiger partial charge is 0.186 e. The molecule has 0 radical (unpaired) electrons. The SMILES string of the molecule is CC.CC.CC(C)C1=NCCO1. The molecule has 1 rings (SSSR count). The van der Waals surface area contributed by atoms with E-state index < -0.39 is 0 Å². The summed E-state index contributed by atoms with van der Waals surface area (Å²) in [5.41, 5.74) is 0. The van der Waals surface area contributed by atoms with E-state index in [1.54, 1.807) is 0 Å². The van der Waals surface area contributed by atoms with Crippen molar-refractivity contribution < 1.29 is 4.74 Å². The molecule has 0 bridgehead atoms. The van der Waals surface area contributed by atoms with E-state index in [4.69, 9.17) is 4.74 Å². The lowest BCUT2D eigenvalue weighted by Gasteiger charge is -2.01. The first-order valence-electron chi connectivity index (χ1n) is 4.98. The monoisotopic (exact) mass is 173 g/mol. The van der Waals surface area contributed by atoms with E-state index in [0.29, 0.717) is 5.92 Å². The molecule has 1 aliphatic heterocycles. The van der Waals surface area contributed by atoms with Gasteiger partial charge in [-0.1, -0.05) is 41.5 Å². The fourth-order valence-corrected chi connectivity index (χ4v) is 0.701. The van der Waals surface area contributed by atoms with Crippen molar-refractivity contribution in [3.63, 3.8) is 0 Å². The fraction of sp³-hybridized carbons (Fsp3) is 0.900. The van der Waals surface area contributed by atoms with E-state index in [9.17, 15) is 0 Å². The van der Waals surface area contributed by atoms with Gasteiger partial charge >= 0.3 is 0 Å². The summed E-state index contributed by atoms with van der Waals surface area (Å²) >= 11 is 0. The Kier molecular flexibility index (Phi) is 12.2. The maximum atomic E-state index is 5.16. The average molecular weight is 173 g/mol. The van der Waals surface area contributed by atoms with Crippen LogP contribution < -0.4 is 0 Å². The van der Waals surface area contributed by atoms with Gasteiger partial charge in [0.25, 0.3) is 0 Å². The number of ether oxygens (including phenoxy) is 1. The third-order valence-electron chi connectivity index (χ3n) is 1.10. The Bertz CT molecular complexity index is 108. The summed E-state index contributed by atoms with van der Waals surface area (Å²) in [5.74, 6) is 1.39. The predicted molar refractivity (Wildman–Crippen MR) is 55.8 cm³/mol. The van der Waals surface area contributed by atoms with Crippen LogP contribution in [0, 0.1) is 5.92 Å². The predicted octanol–water partition coefficient (Wildman–Crippen LogP) is 3.12. The molecule has 0 amide bonds. The number of hydrogen-bond acceptors (Lipinski definition) is 2. The lowest BCUT2D eigenvalue weighted by molar-refractivity contribution is 0.328. The van der Waals surface area contributed by atoms with Gasteiger partial charge in [0.1, 0.15) is 6.61 Å². The van der Waals surface area contributed by atoms with Crippen LogP contribution in [0.2, 0.25) is 0 Å². The molecule has 0 spiro atoms. The summed E-state index contributed by atoms with van der Waals surface area (Å²) in [5, 5.41) is 0. The van der Waals surface area contributed by atoms with E-state index in [1.165, 1.54) is 0 Å². The molecule has 0 aromatic carbocycles. The minimum Gasteiger partial charge on any atom is -0.479 e. The van der Waals surface area contributed by atoms with Gasteiger partial charge < -0.3 is 4.74 Å². The molecule has 0 aromatic heterocycles. The molecule has 0 aliphatic carbocycles. The third kappa shape index (κ3) is 6.20. The van der Waals surface area contributed by atoms with E-state index >= 15 is 0 Å². The molecule has 0 fully saturated rings. The summed E-state index contributed by atoms with van der Waals surface area (Å²) in [4.78, 5) is 4.13. The Morgan fingerprint density at radius 2 is 1.67 bits per heavy atom. The summed E-state index contributed by atoms with van der Waals surface area (Å²) in [7, 11) is 0. The molecule has 2 heteroatoms. The summed E-state index contributed by atoms with van der Waals surface area (Å²) in [6, 6.07) is 0. The molecular formula is C10H23NO. The summed E-state index contributed by atoms with van der Waals surface area (Å²) in [6.45, 7) is 13.8. The van der Waals surface area contributed by atoms with Crippen molar-refractivity contribution in [2.45, 2.75) is 41.5 Å². The van der Waals surface area contributed by atoms with E-state index in [2.05, 4.69) is 18.8 Å². The van der Waals surface area contributed by atoms with Crippen LogP contribution >= 0.6 is 0 Å². The number of rotatable bonds is 1. The van der Waals surface area contributed by atoms with Gasteiger partial charge in [-0.2, -0.15) is 0 Å². The van der Waals surface area contributed by atoms with Gasteiger partial charge in [0, 0.05) is 5.92 Å². The lowest BCUT2D eigenvalue weighted by atomic mass is 10.2. The van der Waals surface area contributed by atoms with Crippen LogP contribution in [-0.4, -0.2) is 19.0 Å². The lowest BCUT2D eigenvalue weighted by Crippen LogP contribution is -2.06. The molecular weight excluding hydrogens is 150 g/mol. The Morgan fingerprint density at radius 1 is 1.17 bits per heavy atom. The number of nitrogens with zero attached hydrogens (tertiary/aromatic N) is 1. The molecule has 12 heavy (non-hydrogen) atoms. The standard InChI is InChI=1S/C6H11NO.2C2H6/c1-5(2)6-7-3-4-8-6;2*1-2/h5H,3-4H2,1-2H3;2*1-2H3. The second kappa shape index (κ2) is 10.5. The fourth-order valence-electron chi connectivity index (χ4n) is 0.701. The van der Waals surface area contributed by atoms with Crippen LogP contribution in [0.5, 0.6) is 0 Å². The largest absolute Gasteiger partial charge is 0.479 e. The zero-order chi connectivity index (χ0) is 9.98. The Balaban J connectivity index is 0. The van der Waals surface area contributed by atoms with Gasteiger partial charge in [0.2, 0.25) is 0 Å². The van der Waals surface area contributed by atoms with Crippen LogP contribution in [0.15, 0.2) is 4.99 Å². The molecule has 74 valence electrons. The number of hydrogen-bond donors (Lipinski definition) is 0. The van der Waals surface area contributed by atoms with Crippen molar-refractivity contribution in [2.75, 3.05) is 13.2 Å². The van der Waals surface area contributed by atoms with E-state index in [0.717, 1.165) is 19.0 Å². The maximum Gasteiger partial charge on any atom is 0.186 e. The molecule has 0 saturated heterocycles. The minimum absolute atomic E-state index is 0.470. The highest BCUT2D eigenvalue weighted by Gasteiger charge is 2.09.